The zero-order chi connectivity index (χ0) is 19.4. The van der Waals surface area contributed by atoms with Gasteiger partial charge in [0.15, 0.2) is 0 Å². The van der Waals surface area contributed by atoms with Gasteiger partial charge in [-0.25, -0.2) is 4.99 Å². The van der Waals surface area contributed by atoms with Crippen LogP contribution in [-0.4, -0.2) is 25.1 Å². The van der Waals surface area contributed by atoms with Crippen LogP contribution in [0.15, 0.2) is 47.5 Å². The van der Waals surface area contributed by atoms with Crippen LogP contribution in [0.3, 0.4) is 0 Å². The Labute approximate surface area is 172 Å². The largest absolute Gasteiger partial charge is 0.384 e. The molecule has 0 saturated heterocycles. The van der Waals surface area contributed by atoms with Crippen LogP contribution in [0.5, 0.6) is 0 Å². The third kappa shape index (κ3) is 4.03. The molecule has 1 spiro atoms. The highest BCUT2D eigenvalue weighted by molar-refractivity contribution is 6.30. The Kier molecular flexibility index (Phi) is 5.88. The number of fused-ring (bicyclic) bond motifs is 1. The standard InChI is InChI=1S/C23H28ClN3O/c1-28-14-11-18-8-6-10-20-21(18)26-22(23(27-20)12-3-2-4-13-23)25-16-17-7-5-9-19(24)15-17/h5-10,15,27H,2-4,11-14,16H2,1H3,(H,25,26). The molecule has 5 heteroatoms. The van der Waals surface area contributed by atoms with Gasteiger partial charge in [-0.05, 0) is 48.6 Å². The Morgan fingerprint density at radius 3 is 2.75 bits per heavy atom. The van der Waals surface area contributed by atoms with Crippen molar-refractivity contribution in [3.63, 3.8) is 0 Å². The van der Waals surface area contributed by atoms with Crippen LogP contribution in [0, 0.1) is 0 Å². The number of methoxy groups -OCH3 is 1. The van der Waals surface area contributed by atoms with Crippen LogP contribution in [0.2, 0.25) is 5.02 Å². The molecule has 4 rings (SSSR count). The molecule has 4 nitrogen and oxygen atoms in total. The summed E-state index contributed by atoms with van der Waals surface area (Å²) in [4.78, 5) is 5.17. The molecule has 148 valence electrons. The number of benzene rings is 2. The number of anilines is 1. The molecule has 1 aliphatic carbocycles. The molecule has 1 aliphatic heterocycles. The molecule has 28 heavy (non-hydrogen) atoms. The van der Waals surface area contributed by atoms with Crippen molar-refractivity contribution in [3.8, 4) is 0 Å². The van der Waals surface area contributed by atoms with Gasteiger partial charge in [-0.15, -0.1) is 0 Å². The Hall–Kier alpha value is -2.04. The van der Waals surface area contributed by atoms with E-state index >= 15 is 0 Å². The first-order valence-corrected chi connectivity index (χ1v) is 10.5. The first-order valence-electron chi connectivity index (χ1n) is 10.2. The van der Waals surface area contributed by atoms with E-state index in [4.69, 9.17) is 21.3 Å². The number of aliphatic imine (C=N–C) groups is 1. The summed E-state index contributed by atoms with van der Waals surface area (Å²) in [6.07, 6.45) is 6.82. The van der Waals surface area contributed by atoms with Crippen LogP contribution in [-0.2, 0) is 17.7 Å². The van der Waals surface area contributed by atoms with Crippen molar-refractivity contribution < 1.29 is 4.74 Å². The van der Waals surface area contributed by atoms with Crippen molar-refractivity contribution in [2.75, 3.05) is 19.0 Å². The molecule has 0 unspecified atom stereocenters. The minimum absolute atomic E-state index is 0.0935. The molecule has 1 heterocycles. The van der Waals surface area contributed by atoms with Crippen molar-refractivity contribution >= 4 is 28.8 Å². The number of para-hydroxylation sites is 1. The number of ether oxygens (including phenoxy) is 1. The Morgan fingerprint density at radius 2 is 1.96 bits per heavy atom. The van der Waals surface area contributed by atoms with Gasteiger partial charge in [-0.1, -0.05) is 55.1 Å². The number of hydrogen-bond acceptors (Lipinski definition) is 4. The number of amidine groups is 1. The van der Waals surface area contributed by atoms with Crippen molar-refractivity contribution in [1.82, 2.24) is 5.32 Å². The predicted octanol–water partition coefficient (Wildman–Crippen LogP) is 5.48. The molecule has 2 aliphatic rings. The van der Waals surface area contributed by atoms with E-state index in [-0.39, 0.29) is 5.54 Å². The topological polar surface area (TPSA) is 45.6 Å². The van der Waals surface area contributed by atoms with Gasteiger partial charge in [0.2, 0.25) is 0 Å². The summed E-state index contributed by atoms with van der Waals surface area (Å²) in [5.41, 5.74) is 4.48. The molecule has 2 N–H and O–H groups in total. The van der Waals surface area contributed by atoms with Crippen LogP contribution >= 0.6 is 11.6 Å². The normalized spacial score (nSPS) is 17.6. The van der Waals surface area contributed by atoms with Gasteiger partial charge in [0, 0.05) is 18.7 Å². The Morgan fingerprint density at radius 1 is 1.14 bits per heavy atom. The lowest BCUT2D eigenvalue weighted by Gasteiger charge is -2.43. The highest BCUT2D eigenvalue weighted by Crippen LogP contribution is 2.42. The van der Waals surface area contributed by atoms with E-state index in [1.165, 1.54) is 30.4 Å². The fraction of sp³-hybridized carbons (Fsp3) is 0.435. The van der Waals surface area contributed by atoms with E-state index in [2.05, 4.69) is 34.9 Å². The highest BCUT2D eigenvalue weighted by atomic mass is 35.5. The second kappa shape index (κ2) is 8.54. The maximum Gasteiger partial charge on any atom is 0.128 e. The first-order chi connectivity index (χ1) is 13.7. The number of nitrogens with zero attached hydrogens (tertiary/aromatic N) is 1. The molecular weight excluding hydrogens is 370 g/mol. The van der Waals surface area contributed by atoms with Crippen LogP contribution in [0.1, 0.15) is 43.2 Å². The van der Waals surface area contributed by atoms with Crippen LogP contribution in [0.4, 0.5) is 11.4 Å². The monoisotopic (exact) mass is 397 g/mol. The Balaban J connectivity index is 1.66. The number of halogens is 1. The number of nitrogens with one attached hydrogen (secondary N) is 2. The molecule has 0 atom stereocenters. The third-order valence-electron chi connectivity index (χ3n) is 5.80. The molecule has 2 aromatic rings. The van der Waals surface area contributed by atoms with Crippen LogP contribution < -0.4 is 10.6 Å². The van der Waals surface area contributed by atoms with Crippen molar-refractivity contribution in [3.05, 3.63) is 58.6 Å². The van der Waals surface area contributed by atoms with E-state index in [0.717, 1.165) is 48.0 Å². The smallest absolute Gasteiger partial charge is 0.128 e. The summed E-state index contributed by atoms with van der Waals surface area (Å²) in [6.45, 7) is 1.42. The van der Waals surface area contributed by atoms with Gasteiger partial charge in [0.1, 0.15) is 5.84 Å². The van der Waals surface area contributed by atoms with Gasteiger partial charge in [-0.2, -0.15) is 0 Å². The lowest BCUT2D eigenvalue weighted by atomic mass is 9.79. The molecule has 0 bridgehead atoms. The summed E-state index contributed by atoms with van der Waals surface area (Å²) in [5, 5.41) is 8.28. The molecule has 1 fully saturated rings. The summed E-state index contributed by atoms with van der Waals surface area (Å²) in [7, 11) is 1.74. The lowest BCUT2D eigenvalue weighted by molar-refractivity contribution is 0.202. The van der Waals surface area contributed by atoms with E-state index < -0.39 is 0 Å². The Bertz CT molecular complexity index is 859. The molecule has 1 saturated carbocycles. The van der Waals surface area contributed by atoms with Gasteiger partial charge in [0.25, 0.3) is 0 Å². The first kappa shape index (κ1) is 19.3. The van der Waals surface area contributed by atoms with E-state index in [9.17, 15) is 0 Å². The zero-order valence-electron chi connectivity index (χ0n) is 16.4. The summed E-state index contributed by atoms with van der Waals surface area (Å²) < 4.78 is 5.29. The van der Waals surface area contributed by atoms with Gasteiger partial charge in [0.05, 0.1) is 23.5 Å². The van der Waals surface area contributed by atoms with Gasteiger partial charge < -0.3 is 15.4 Å². The van der Waals surface area contributed by atoms with Crippen molar-refractivity contribution in [2.45, 2.75) is 50.6 Å². The second-order valence-corrected chi connectivity index (χ2v) is 8.20. The zero-order valence-corrected chi connectivity index (χ0v) is 17.2. The van der Waals surface area contributed by atoms with Gasteiger partial charge in [-0.3, -0.25) is 0 Å². The van der Waals surface area contributed by atoms with E-state index in [1.807, 2.05) is 18.2 Å². The summed E-state index contributed by atoms with van der Waals surface area (Å²) in [6, 6.07) is 14.4. The number of rotatable bonds is 5. The van der Waals surface area contributed by atoms with E-state index in [1.54, 1.807) is 7.11 Å². The van der Waals surface area contributed by atoms with E-state index in [0.29, 0.717) is 6.61 Å². The van der Waals surface area contributed by atoms with Crippen LogP contribution in [0.25, 0.3) is 0 Å². The average molecular weight is 398 g/mol. The maximum absolute atomic E-state index is 6.16. The van der Waals surface area contributed by atoms with Gasteiger partial charge >= 0.3 is 0 Å². The quantitative estimate of drug-likeness (QED) is 0.702. The maximum atomic E-state index is 6.16. The second-order valence-electron chi connectivity index (χ2n) is 7.77. The summed E-state index contributed by atoms with van der Waals surface area (Å²) >= 11 is 6.16. The lowest BCUT2D eigenvalue weighted by Crippen LogP contribution is -2.54. The summed E-state index contributed by atoms with van der Waals surface area (Å²) in [5.74, 6) is 1.06. The molecule has 0 radical (unpaired) electrons. The average Bonchev–Trinajstić information content (AvgIpc) is 2.71. The third-order valence-corrected chi connectivity index (χ3v) is 6.04. The minimum Gasteiger partial charge on any atom is -0.384 e. The molecular formula is C23H28ClN3O. The fourth-order valence-corrected chi connectivity index (χ4v) is 4.55. The molecule has 2 aromatic carbocycles. The van der Waals surface area contributed by atoms with Crippen molar-refractivity contribution in [1.29, 1.82) is 0 Å². The van der Waals surface area contributed by atoms with Crippen molar-refractivity contribution in [2.24, 2.45) is 4.99 Å². The molecule has 0 aromatic heterocycles. The fourth-order valence-electron chi connectivity index (χ4n) is 4.33. The predicted molar refractivity (Wildman–Crippen MR) is 117 cm³/mol. The molecule has 0 amide bonds. The minimum atomic E-state index is -0.0935. The highest BCUT2D eigenvalue weighted by Gasteiger charge is 2.40. The SMILES string of the molecule is COCCc1cccc2c1N=C(NCc1cccc(Cl)c1)C1(CCCCC1)N2. The number of hydrogen-bond donors (Lipinski definition) is 2.